The van der Waals surface area contributed by atoms with Crippen LogP contribution >= 0.6 is 0 Å². The molecule has 4 nitrogen and oxygen atoms in total. The summed E-state index contributed by atoms with van der Waals surface area (Å²) in [5.74, 6) is -0.754. The molecule has 0 saturated heterocycles. The van der Waals surface area contributed by atoms with Gasteiger partial charge in [0.2, 0.25) is 0 Å². The molecule has 14 heavy (non-hydrogen) atoms. The third-order valence-corrected chi connectivity index (χ3v) is 2.87. The summed E-state index contributed by atoms with van der Waals surface area (Å²) in [4.78, 5) is 24.0. The molecule has 0 aromatic carbocycles. The van der Waals surface area contributed by atoms with E-state index < -0.39 is 5.54 Å². The number of amides is 2. The highest BCUT2D eigenvalue weighted by molar-refractivity contribution is 6.13. The Bertz CT molecular complexity index is 276. The molecule has 0 spiro atoms. The first-order chi connectivity index (χ1) is 6.41. The summed E-state index contributed by atoms with van der Waals surface area (Å²) >= 11 is 0. The fourth-order valence-electron chi connectivity index (χ4n) is 1.41. The topological polar surface area (TPSA) is 57.6 Å². The second-order valence-electron chi connectivity index (χ2n) is 4.08. The van der Waals surface area contributed by atoms with Gasteiger partial charge in [0, 0.05) is 24.7 Å². The third kappa shape index (κ3) is 1.57. The van der Waals surface area contributed by atoms with Crippen LogP contribution in [0.15, 0.2) is 12.2 Å². The summed E-state index contributed by atoms with van der Waals surface area (Å²) in [6.45, 7) is 5.30. The lowest BCUT2D eigenvalue weighted by atomic mass is 9.88. The summed E-state index contributed by atoms with van der Waals surface area (Å²) in [7, 11) is 0. The van der Waals surface area contributed by atoms with Crippen LogP contribution in [0.2, 0.25) is 0 Å². The number of aliphatic hydroxyl groups is 1. The maximum atomic E-state index is 11.4. The fourth-order valence-corrected chi connectivity index (χ4v) is 1.41. The van der Waals surface area contributed by atoms with Crippen LogP contribution in [0.5, 0.6) is 0 Å². The van der Waals surface area contributed by atoms with Gasteiger partial charge < -0.3 is 5.11 Å². The monoisotopic (exact) mass is 197 g/mol. The van der Waals surface area contributed by atoms with Crippen molar-refractivity contribution in [3.63, 3.8) is 0 Å². The zero-order valence-corrected chi connectivity index (χ0v) is 8.65. The van der Waals surface area contributed by atoms with E-state index in [-0.39, 0.29) is 24.3 Å². The van der Waals surface area contributed by atoms with Gasteiger partial charge in [-0.15, -0.1) is 0 Å². The highest BCUT2D eigenvalue weighted by Crippen LogP contribution is 2.27. The number of rotatable bonds is 3. The lowest BCUT2D eigenvalue weighted by Crippen LogP contribution is -2.52. The van der Waals surface area contributed by atoms with E-state index in [0.717, 1.165) is 0 Å². The summed E-state index contributed by atoms with van der Waals surface area (Å²) < 4.78 is 0. The zero-order chi connectivity index (χ0) is 10.9. The molecule has 78 valence electrons. The molecule has 4 heteroatoms. The van der Waals surface area contributed by atoms with Crippen LogP contribution in [0.1, 0.15) is 20.8 Å². The van der Waals surface area contributed by atoms with Crippen LogP contribution in [-0.4, -0.2) is 34.0 Å². The first-order valence-corrected chi connectivity index (χ1v) is 4.58. The van der Waals surface area contributed by atoms with Gasteiger partial charge in [0.05, 0.1) is 5.54 Å². The number of nitrogens with zero attached hydrogens (tertiary/aromatic N) is 1. The molecule has 0 radical (unpaired) electrons. The Kier molecular flexibility index (Phi) is 2.76. The van der Waals surface area contributed by atoms with Crippen LogP contribution in [0.4, 0.5) is 0 Å². The van der Waals surface area contributed by atoms with Crippen LogP contribution in [0.25, 0.3) is 0 Å². The van der Waals surface area contributed by atoms with Crippen molar-refractivity contribution in [2.45, 2.75) is 26.3 Å². The van der Waals surface area contributed by atoms with E-state index >= 15 is 0 Å². The van der Waals surface area contributed by atoms with Crippen LogP contribution in [0, 0.1) is 5.92 Å². The van der Waals surface area contributed by atoms with Crippen molar-refractivity contribution >= 4 is 11.8 Å². The molecule has 0 aromatic heterocycles. The fraction of sp³-hybridized carbons (Fsp3) is 0.600. The molecule has 0 saturated carbocycles. The largest absolute Gasteiger partial charge is 0.396 e. The Balaban J connectivity index is 2.93. The van der Waals surface area contributed by atoms with Crippen LogP contribution in [-0.2, 0) is 9.59 Å². The van der Waals surface area contributed by atoms with Gasteiger partial charge in [-0.1, -0.05) is 6.92 Å². The average molecular weight is 197 g/mol. The SMILES string of the molecule is CC(CO)C(C)(C)N1C(=O)C=CC1=O. The first-order valence-electron chi connectivity index (χ1n) is 4.58. The van der Waals surface area contributed by atoms with Crippen LogP contribution in [0.3, 0.4) is 0 Å². The van der Waals surface area contributed by atoms with E-state index in [1.54, 1.807) is 20.8 Å². The van der Waals surface area contributed by atoms with Crippen molar-refractivity contribution in [2.24, 2.45) is 5.92 Å². The number of carbonyl (C=O) groups is 2. The van der Waals surface area contributed by atoms with Crippen molar-refractivity contribution in [3.8, 4) is 0 Å². The van der Waals surface area contributed by atoms with Crippen molar-refractivity contribution in [3.05, 3.63) is 12.2 Å². The second kappa shape index (κ2) is 3.53. The molecule has 1 atom stereocenters. The summed E-state index contributed by atoms with van der Waals surface area (Å²) in [6.07, 6.45) is 2.52. The maximum absolute atomic E-state index is 11.4. The van der Waals surface area contributed by atoms with Gasteiger partial charge in [0.25, 0.3) is 11.8 Å². The number of aliphatic hydroxyl groups excluding tert-OH is 1. The van der Waals surface area contributed by atoms with Crippen molar-refractivity contribution in [1.29, 1.82) is 0 Å². The van der Waals surface area contributed by atoms with Gasteiger partial charge in [-0.2, -0.15) is 0 Å². The van der Waals surface area contributed by atoms with Crippen LogP contribution < -0.4 is 0 Å². The summed E-state index contributed by atoms with van der Waals surface area (Å²) in [5.41, 5.74) is -0.646. The predicted octanol–water partition coefficient (Wildman–Crippen LogP) is 0.318. The number of carbonyl (C=O) groups excluding carboxylic acids is 2. The molecule has 1 aliphatic heterocycles. The smallest absolute Gasteiger partial charge is 0.254 e. The highest BCUT2D eigenvalue weighted by Gasteiger charge is 2.40. The van der Waals surface area contributed by atoms with Crippen molar-refractivity contribution < 1.29 is 14.7 Å². The molecule has 0 bridgehead atoms. The summed E-state index contributed by atoms with van der Waals surface area (Å²) in [6, 6.07) is 0. The second-order valence-corrected chi connectivity index (χ2v) is 4.08. The number of hydrogen-bond acceptors (Lipinski definition) is 3. The summed E-state index contributed by atoms with van der Waals surface area (Å²) in [5, 5.41) is 9.03. The Morgan fingerprint density at radius 2 is 1.79 bits per heavy atom. The van der Waals surface area contributed by atoms with Gasteiger partial charge in [-0.25, -0.2) is 0 Å². The van der Waals surface area contributed by atoms with Crippen molar-refractivity contribution in [2.75, 3.05) is 6.61 Å². The van der Waals surface area contributed by atoms with Gasteiger partial charge in [-0.05, 0) is 13.8 Å². The number of hydrogen-bond donors (Lipinski definition) is 1. The van der Waals surface area contributed by atoms with E-state index in [1.807, 2.05) is 0 Å². The van der Waals surface area contributed by atoms with Crippen molar-refractivity contribution in [1.82, 2.24) is 4.90 Å². The molecule has 1 heterocycles. The molecule has 0 aliphatic carbocycles. The predicted molar refractivity (Wildman–Crippen MR) is 51.3 cm³/mol. The molecule has 1 aliphatic rings. The molecule has 0 aromatic rings. The first kappa shape index (κ1) is 10.9. The Morgan fingerprint density at radius 1 is 1.36 bits per heavy atom. The molecular weight excluding hydrogens is 182 g/mol. The Hall–Kier alpha value is -1.16. The molecule has 1 unspecified atom stereocenters. The molecule has 2 amide bonds. The van der Waals surface area contributed by atoms with E-state index in [0.29, 0.717) is 0 Å². The highest BCUT2D eigenvalue weighted by atomic mass is 16.3. The van der Waals surface area contributed by atoms with Gasteiger partial charge in [0.15, 0.2) is 0 Å². The van der Waals surface area contributed by atoms with E-state index in [9.17, 15) is 9.59 Å². The minimum absolute atomic E-state index is 0.0515. The lowest BCUT2D eigenvalue weighted by Gasteiger charge is -2.38. The lowest BCUT2D eigenvalue weighted by molar-refractivity contribution is -0.145. The standard InChI is InChI=1S/C10H15NO3/c1-7(6-12)10(2,3)11-8(13)4-5-9(11)14/h4-5,7,12H,6H2,1-3H3. The normalized spacial score (nSPS) is 19.3. The van der Waals surface area contributed by atoms with Gasteiger partial charge >= 0.3 is 0 Å². The minimum atomic E-state index is -0.646. The third-order valence-electron chi connectivity index (χ3n) is 2.87. The van der Waals surface area contributed by atoms with E-state index in [1.165, 1.54) is 17.1 Å². The van der Waals surface area contributed by atoms with Gasteiger partial charge in [-0.3, -0.25) is 14.5 Å². The maximum Gasteiger partial charge on any atom is 0.254 e. The molecule has 1 N–H and O–H groups in total. The minimum Gasteiger partial charge on any atom is -0.396 e. The molecule has 1 rings (SSSR count). The molecular formula is C10H15NO3. The zero-order valence-electron chi connectivity index (χ0n) is 8.65. The Labute approximate surface area is 83.2 Å². The number of imide groups is 1. The van der Waals surface area contributed by atoms with Gasteiger partial charge in [0.1, 0.15) is 0 Å². The average Bonchev–Trinajstić information content (AvgIpc) is 2.44. The Morgan fingerprint density at radius 3 is 2.14 bits per heavy atom. The van der Waals surface area contributed by atoms with E-state index in [2.05, 4.69) is 0 Å². The quantitative estimate of drug-likeness (QED) is 0.663. The van der Waals surface area contributed by atoms with E-state index in [4.69, 9.17) is 5.11 Å². The molecule has 0 fully saturated rings.